The van der Waals surface area contributed by atoms with E-state index >= 15 is 0 Å². The van der Waals surface area contributed by atoms with Crippen LogP contribution in [-0.4, -0.2) is 40.6 Å². The molecule has 0 saturated heterocycles. The summed E-state index contributed by atoms with van der Waals surface area (Å²) in [7, 11) is 0. The Morgan fingerprint density at radius 2 is 1.64 bits per heavy atom. The summed E-state index contributed by atoms with van der Waals surface area (Å²) < 4.78 is 12.4. The van der Waals surface area contributed by atoms with Crippen molar-refractivity contribution in [2.24, 2.45) is 4.99 Å². The second kappa shape index (κ2) is 12.5. The van der Waals surface area contributed by atoms with E-state index in [0.29, 0.717) is 44.2 Å². The molecule has 212 valence electrons. The fourth-order valence-electron chi connectivity index (χ4n) is 5.63. The van der Waals surface area contributed by atoms with Crippen molar-refractivity contribution in [3.8, 4) is 5.75 Å². The van der Waals surface area contributed by atoms with E-state index in [2.05, 4.69) is 12.1 Å². The monoisotopic (exact) mass is 558 g/mol. The van der Waals surface area contributed by atoms with Crippen molar-refractivity contribution in [1.29, 1.82) is 0 Å². The van der Waals surface area contributed by atoms with Crippen LogP contribution >= 0.6 is 0 Å². The summed E-state index contributed by atoms with van der Waals surface area (Å²) in [6.45, 7) is 1.49. The first-order valence-electron chi connectivity index (χ1n) is 14.4. The van der Waals surface area contributed by atoms with E-state index in [1.165, 1.54) is 0 Å². The van der Waals surface area contributed by atoms with Crippen molar-refractivity contribution in [3.63, 3.8) is 0 Å². The number of aliphatic imine (C=N–C) groups is 1. The molecule has 0 aliphatic carbocycles. The predicted octanol–water partition coefficient (Wildman–Crippen LogP) is 6.35. The Hall–Kier alpha value is -4.68. The second-order valence-electron chi connectivity index (χ2n) is 10.7. The maximum atomic E-state index is 14.7. The van der Waals surface area contributed by atoms with Gasteiger partial charge in [0.05, 0.1) is 6.61 Å². The largest absolute Gasteiger partial charge is 0.494 e. The molecule has 0 unspecified atom stereocenters. The van der Waals surface area contributed by atoms with Gasteiger partial charge in [0.2, 0.25) is 5.90 Å². The van der Waals surface area contributed by atoms with Crippen LogP contribution in [0.3, 0.4) is 0 Å². The molecule has 2 heterocycles. The Balaban J connectivity index is 1.41. The highest BCUT2D eigenvalue weighted by Crippen LogP contribution is 2.47. The Morgan fingerprint density at radius 3 is 2.40 bits per heavy atom. The van der Waals surface area contributed by atoms with Gasteiger partial charge in [-0.15, -0.1) is 0 Å². The van der Waals surface area contributed by atoms with E-state index < -0.39 is 11.6 Å². The quantitative estimate of drug-likeness (QED) is 0.230. The number of ether oxygens (including phenoxy) is 2. The van der Waals surface area contributed by atoms with Crippen LogP contribution in [-0.2, 0) is 22.6 Å². The Morgan fingerprint density at radius 1 is 0.929 bits per heavy atom. The second-order valence-corrected chi connectivity index (χ2v) is 10.7. The van der Waals surface area contributed by atoms with Gasteiger partial charge in [0.25, 0.3) is 5.91 Å². The fourth-order valence-corrected chi connectivity index (χ4v) is 5.63. The van der Waals surface area contributed by atoms with Crippen molar-refractivity contribution in [2.45, 2.75) is 37.6 Å². The lowest BCUT2D eigenvalue weighted by Gasteiger charge is -2.31. The molecule has 4 aromatic rings. The van der Waals surface area contributed by atoms with Crippen molar-refractivity contribution in [3.05, 3.63) is 143 Å². The van der Waals surface area contributed by atoms with Crippen LogP contribution in [0.2, 0.25) is 0 Å². The average Bonchev–Trinajstić information content (AvgIpc) is 3.39. The van der Waals surface area contributed by atoms with Gasteiger partial charge in [-0.3, -0.25) is 4.79 Å². The van der Waals surface area contributed by atoms with Crippen molar-refractivity contribution >= 4 is 17.9 Å². The number of aliphatic hydroxyl groups is 1. The van der Waals surface area contributed by atoms with Gasteiger partial charge in [-0.05, 0) is 41.0 Å². The number of fused-ring (bicyclic) bond motifs is 3. The third kappa shape index (κ3) is 5.71. The van der Waals surface area contributed by atoms with Crippen LogP contribution in [0.25, 0.3) is 6.08 Å². The number of hydrogen-bond acceptors (Lipinski definition) is 5. The molecule has 4 aromatic carbocycles. The number of nitrogens with zero attached hydrogens (tertiary/aromatic N) is 2. The molecule has 6 rings (SSSR count). The van der Waals surface area contributed by atoms with Gasteiger partial charge in [0.1, 0.15) is 5.75 Å². The highest BCUT2D eigenvalue weighted by atomic mass is 16.5. The number of hydrogen-bond donors (Lipinski definition) is 1. The topological polar surface area (TPSA) is 71.4 Å². The van der Waals surface area contributed by atoms with Crippen LogP contribution in [0, 0.1) is 0 Å². The number of aliphatic hydroxyl groups excluding tert-OH is 1. The molecule has 42 heavy (non-hydrogen) atoms. The van der Waals surface area contributed by atoms with Crippen LogP contribution in [0.4, 0.5) is 0 Å². The molecule has 2 aliphatic rings. The maximum Gasteiger partial charge on any atom is 0.255 e. The highest BCUT2D eigenvalue weighted by Gasteiger charge is 2.56. The Bertz CT molecular complexity index is 1570. The molecule has 6 nitrogen and oxygen atoms in total. The lowest BCUT2D eigenvalue weighted by Crippen LogP contribution is -2.47. The summed E-state index contributed by atoms with van der Waals surface area (Å²) >= 11 is 0. The standard InChI is InChI=1S/C36H34N2O4/c39-23-10-24-41-31-20-18-29(19-21-31)34-37-36(22-9-15-27-11-3-1-4-12-27)33(42-34)32-17-8-7-16-30(32)26-38(35(36)40)25-28-13-5-2-6-14-28/h1-9,11-21,33,39H,10,22-26H2/b15-9+/t33-,36-/m1/s1. The summed E-state index contributed by atoms with van der Waals surface area (Å²) in [5.41, 5.74) is 3.79. The average molecular weight is 559 g/mol. The number of rotatable bonds is 10. The number of amides is 1. The molecule has 1 amide bonds. The van der Waals surface area contributed by atoms with Crippen molar-refractivity contribution in [1.82, 2.24) is 4.90 Å². The number of carbonyl (C=O) groups excluding carboxylic acids is 1. The molecular formula is C36H34N2O4. The molecule has 0 spiro atoms. The predicted molar refractivity (Wildman–Crippen MR) is 164 cm³/mol. The molecule has 2 aliphatic heterocycles. The first-order chi connectivity index (χ1) is 20.7. The summed E-state index contributed by atoms with van der Waals surface area (Å²) in [5, 5.41) is 9.05. The van der Waals surface area contributed by atoms with E-state index in [1.54, 1.807) is 0 Å². The van der Waals surface area contributed by atoms with Gasteiger partial charge in [-0.2, -0.15) is 0 Å². The fraction of sp³-hybridized carbons (Fsp3) is 0.222. The number of carbonyl (C=O) groups is 1. The van der Waals surface area contributed by atoms with Crippen LogP contribution in [0.15, 0.2) is 120 Å². The van der Waals surface area contributed by atoms with Gasteiger partial charge in [0.15, 0.2) is 11.6 Å². The molecule has 0 aromatic heterocycles. The van der Waals surface area contributed by atoms with E-state index in [9.17, 15) is 4.79 Å². The number of benzene rings is 4. The minimum atomic E-state index is -1.17. The van der Waals surface area contributed by atoms with Crippen LogP contribution < -0.4 is 4.74 Å². The van der Waals surface area contributed by atoms with Gasteiger partial charge in [-0.25, -0.2) is 4.99 Å². The zero-order chi connectivity index (χ0) is 28.8. The normalized spacial score (nSPS) is 19.5. The third-order valence-electron chi connectivity index (χ3n) is 7.75. The molecule has 2 atom stereocenters. The maximum absolute atomic E-state index is 14.7. The Labute approximate surface area is 246 Å². The lowest BCUT2D eigenvalue weighted by molar-refractivity contribution is -0.140. The minimum Gasteiger partial charge on any atom is -0.494 e. The van der Waals surface area contributed by atoms with Gasteiger partial charge >= 0.3 is 0 Å². The van der Waals surface area contributed by atoms with Crippen LogP contribution in [0.1, 0.15) is 46.8 Å². The molecular weight excluding hydrogens is 524 g/mol. The lowest BCUT2D eigenvalue weighted by atomic mass is 9.83. The van der Waals surface area contributed by atoms with Crippen molar-refractivity contribution < 1.29 is 19.4 Å². The summed E-state index contributed by atoms with van der Waals surface area (Å²) in [6.07, 6.45) is 4.47. The molecule has 0 radical (unpaired) electrons. The van der Waals surface area contributed by atoms with E-state index in [0.717, 1.165) is 27.8 Å². The zero-order valence-electron chi connectivity index (χ0n) is 23.4. The van der Waals surface area contributed by atoms with Crippen LogP contribution in [0.5, 0.6) is 5.75 Å². The van der Waals surface area contributed by atoms with Gasteiger partial charge in [-0.1, -0.05) is 97.1 Å². The molecule has 0 bridgehead atoms. The van der Waals surface area contributed by atoms with E-state index in [-0.39, 0.29) is 12.5 Å². The first kappa shape index (κ1) is 27.5. The minimum absolute atomic E-state index is 0.0516. The molecule has 1 N–H and O–H groups in total. The van der Waals surface area contributed by atoms with Gasteiger partial charge in [0, 0.05) is 43.7 Å². The van der Waals surface area contributed by atoms with Gasteiger partial charge < -0.3 is 19.5 Å². The summed E-state index contributed by atoms with van der Waals surface area (Å²) in [5.74, 6) is 1.10. The molecule has 0 fully saturated rings. The molecule has 0 saturated carbocycles. The van der Waals surface area contributed by atoms with E-state index in [4.69, 9.17) is 19.6 Å². The first-order valence-corrected chi connectivity index (χ1v) is 14.4. The highest BCUT2D eigenvalue weighted by molar-refractivity contribution is 6.01. The smallest absolute Gasteiger partial charge is 0.255 e. The molecule has 6 heteroatoms. The zero-order valence-corrected chi connectivity index (χ0v) is 23.4. The SMILES string of the molecule is O=C1N(Cc2ccccc2)Cc2ccccc2[C@H]2OC(c3ccc(OCCCO)cc3)=N[C@@]12C/C=C/c1ccccc1. The van der Waals surface area contributed by atoms with Crippen molar-refractivity contribution in [2.75, 3.05) is 13.2 Å². The summed E-state index contributed by atoms with van der Waals surface area (Å²) in [6, 6.07) is 35.9. The van der Waals surface area contributed by atoms with E-state index in [1.807, 2.05) is 114 Å². The summed E-state index contributed by atoms with van der Waals surface area (Å²) in [4.78, 5) is 21.8. The Kier molecular flexibility index (Phi) is 8.15. The third-order valence-corrected chi connectivity index (χ3v) is 7.75.